The number of nitrogens with zero attached hydrogens (tertiary/aromatic N) is 6. The van der Waals surface area contributed by atoms with Crippen LogP contribution in [0.1, 0.15) is 59.7 Å². The van der Waals surface area contributed by atoms with Gasteiger partial charge >= 0.3 is 29.6 Å². The Balaban J connectivity index is 0.000000316. The maximum absolute atomic E-state index is 12.1. The van der Waals surface area contributed by atoms with Crippen LogP contribution < -0.4 is 43.8 Å². The molecule has 3 aromatic carbocycles. The van der Waals surface area contributed by atoms with Crippen molar-refractivity contribution >= 4 is 65.0 Å². The third-order valence-corrected chi connectivity index (χ3v) is 18.4. The number of fused-ring (bicyclic) bond motifs is 3. The number of amidine groups is 3. The summed E-state index contributed by atoms with van der Waals surface area (Å²) in [6.45, 7) is 12.7. The van der Waals surface area contributed by atoms with Gasteiger partial charge in [0.25, 0.3) is 0 Å². The molecule has 3 aromatic rings. The first-order valence-electron chi connectivity index (χ1n) is 27.0. The molecule has 3 fully saturated rings. The molecule has 0 spiro atoms. The van der Waals surface area contributed by atoms with Crippen LogP contribution in [0.15, 0.2) is 87.8 Å². The van der Waals surface area contributed by atoms with Crippen LogP contribution in [0.3, 0.4) is 0 Å². The van der Waals surface area contributed by atoms with E-state index in [-0.39, 0.29) is 128 Å². The summed E-state index contributed by atoms with van der Waals surface area (Å²) >= 11 is 4.77. The van der Waals surface area contributed by atoms with Crippen LogP contribution in [0.5, 0.6) is 17.2 Å². The van der Waals surface area contributed by atoms with Gasteiger partial charge in [-0.3, -0.25) is 19.8 Å². The molecule has 6 aliphatic rings. The number of hydrogen-bond acceptors (Lipinski definition) is 22. The van der Waals surface area contributed by atoms with Crippen LogP contribution in [0.2, 0.25) is 0 Å². The van der Waals surface area contributed by atoms with E-state index in [1.165, 1.54) is 0 Å². The summed E-state index contributed by atoms with van der Waals surface area (Å²) in [7, 11) is 17.8. The second kappa shape index (κ2) is 33.7. The number of methoxy groups -OCH3 is 3. The molecule has 0 aliphatic carbocycles. The molecule has 19 nitrogen and oxygen atoms in total. The Morgan fingerprint density at radius 3 is 1.05 bits per heavy atom. The molecular formula is C58H87BN6NaO13S3. The predicted molar refractivity (Wildman–Crippen MR) is 325 cm³/mol. The quantitative estimate of drug-likeness (QED) is 0.186. The molecule has 3 saturated heterocycles. The minimum absolute atomic E-state index is 0. The summed E-state index contributed by atoms with van der Waals surface area (Å²) in [6, 6.07) is 23.3. The van der Waals surface area contributed by atoms with Gasteiger partial charge in [-0.1, -0.05) is 92.5 Å². The van der Waals surface area contributed by atoms with Gasteiger partial charge in [-0.2, -0.15) is 0 Å². The molecule has 0 bridgehead atoms. The summed E-state index contributed by atoms with van der Waals surface area (Å²) in [5, 5.41) is 30.1. The van der Waals surface area contributed by atoms with E-state index in [1.54, 1.807) is 77.4 Å². The number of rotatable bonds is 15. The first-order valence-corrected chi connectivity index (χ1v) is 29.6. The smallest absolute Gasteiger partial charge is 1.00 e. The van der Waals surface area contributed by atoms with E-state index in [9.17, 15) is 15.0 Å². The topological polar surface area (TPSA) is 208 Å². The van der Waals surface area contributed by atoms with Crippen molar-refractivity contribution < 1.29 is 93.7 Å². The van der Waals surface area contributed by atoms with E-state index in [1.807, 2.05) is 137 Å². The molecule has 0 amide bonds. The molecule has 6 aliphatic heterocycles. The SMILES string of the molecule is CO.COc1ccc(CO[C@H]2[C@H](C)[C@@H](C(C)=O)O[C@@H]3SC(N(C)C)=N[C@H]23)cc1.COc1ccc(CO[C@H]2[C@H](C)[C@@H]([C@@H](C)O)O[C@@H]3SC(N(C)C)=N[C@H]23)cc1.COc1ccc(CO[C@H]2[C@H](C)[C@@H]([C@H](C)O)O[C@@H]3SC(N(C)C)=N[C@H]23)cc1.[B].[H-].[Na+]. The molecular weight excluding hydrogens is 1120 g/mol. The van der Waals surface area contributed by atoms with Crippen molar-refractivity contribution in [3.63, 3.8) is 0 Å². The van der Waals surface area contributed by atoms with Gasteiger partial charge in [-0.15, -0.1) is 0 Å². The van der Waals surface area contributed by atoms with Gasteiger partial charge in [0, 0.05) is 75.6 Å². The number of aliphatic hydroxyl groups is 3. The Labute approximate surface area is 524 Å². The van der Waals surface area contributed by atoms with Gasteiger partial charge in [0.1, 0.15) is 57.8 Å². The molecule has 3 radical (unpaired) electrons. The Morgan fingerprint density at radius 1 is 0.537 bits per heavy atom. The fraction of sp³-hybridized carbons (Fsp3) is 0.621. The summed E-state index contributed by atoms with van der Waals surface area (Å²) < 4.78 is 52.8. The summed E-state index contributed by atoms with van der Waals surface area (Å²) in [6.07, 6.45) is -2.48. The minimum Gasteiger partial charge on any atom is -1.00 e. The summed E-state index contributed by atoms with van der Waals surface area (Å²) in [5.41, 5.74) is 2.79. The zero-order valence-corrected chi connectivity index (χ0v) is 55.2. The number of ether oxygens (including phenoxy) is 9. The number of thioether (sulfide) groups is 3. The molecule has 24 heteroatoms. The molecule has 9 rings (SSSR count). The first kappa shape index (κ1) is 71.4. The van der Waals surface area contributed by atoms with Crippen LogP contribution in [0.25, 0.3) is 0 Å². The third-order valence-electron chi connectivity index (χ3n) is 14.5. The fourth-order valence-electron chi connectivity index (χ4n) is 10.2. The Bertz CT molecular complexity index is 2400. The molecule has 6 heterocycles. The maximum atomic E-state index is 12.1. The van der Waals surface area contributed by atoms with Gasteiger partial charge in [-0.25, -0.2) is 0 Å². The van der Waals surface area contributed by atoms with E-state index in [4.69, 9.17) is 62.7 Å². The zero-order chi connectivity index (χ0) is 58.5. The monoisotopic (exact) mass is 1210 g/mol. The van der Waals surface area contributed by atoms with E-state index < -0.39 is 18.3 Å². The first-order chi connectivity index (χ1) is 38.2. The van der Waals surface area contributed by atoms with Crippen molar-refractivity contribution in [1.82, 2.24) is 14.7 Å². The van der Waals surface area contributed by atoms with Crippen LogP contribution >= 0.6 is 35.3 Å². The third kappa shape index (κ3) is 18.2. The average Bonchev–Trinajstić information content (AvgIpc) is 4.36. The molecule has 0 unspecified atom stereocenters. The second-order valence-corrected chi connectivity index (χ2v) is 24.3. The Hall–Kier alpha value is -3.11. The number of benzene rings is 3. The number of carbonyl (C=O) groups excluding carboxylic acids is 1. The largest absolute Gasteiger partial charge is 1.00 e. The van der Waals surface area contributed by atoms with Gasteiger partial charge in [-0.05, 0) is 73.9 Å². The molecule has 0 aromatic heterocycles. The number of Topliss-reactive ketones (excluding diaryl/α,β-unsaturated/α-hetero) is 1. The molecule has 82 heavy (non-hydrogen) atoms. The average molecular weight is 1210 g/mol. The Kier molecular flexibility index (Phi) is 29.3. The zero-order valence-electron chi connectivity index (χ0n) is 51.8. The number of hydrogen-bond donors (Lipinski definition) is 3. The number of carbonyl (C=O) groups is 1. The van der Waals surface area contributed by atoms with Gasteiger partial charge in [0.2, 0.25) is 0 Å². The van der Waals surface area contributed by atoms with Crippen molar-refractivity contribution in [3.05, 3.63) is 89.5 Å². The maximum Gasteiger partial charge on any atom is 1.00 e. The molecule has 0 saturated carbocycles. The van der Waals surface area contributed by atoms with Crippen molar-refractivity contribution in [2.45, 2.75) is 145 Å². The van der Waals surface area contributed by atoms with Gasteiger partial charge in [0.15, 0.2) is 21.3 Å². The standard InChI is InChI=1S/2C19H28N2O4S.C19H26N2O4S.CH4O.B.Na.H/c3*1-11-16(12(2)22)25-18-15(20-19(26-18)21(3)4)17(11)24-10-13-6-8-14(23-5)9-7-13;1-2;;;/h2*6-9,11-12,15-18,22H,10H2,1-5H3;6-9,11,15-18H,10H2,1-5H3;2H,1H3;;;/q;;;;;+1;-1/t11-,12+,15-,16+,17+,18-;11-,12-,15-,16+,17+,18-;11-,15-,16+,17+,18-;;;;/m111..../s1. The normalized spacial score (nSPS) is 30.0. The van der Waals surface area contributed by atoms with E-state index >= 15 is 0 Å². The number of ketones is 1. The Morgan fingerprint density at radius 2 is 0.805 bits per heavy atom. The van der Waals surface area contributed by atoms with Crippen molar-refractivity contribution in [1.29, 1.82) is 0 Å². The summed E-state index contributed by atoms with van der Waals surface area (Å²) in [4.78, 5) is 32.5. The van der Waals surface area contributed by atoms with Crippen molar-refractivity contribution in [2.75, 3.05) is 70.7 Å². The molecule has 3 N–H and O–H groups in total. The fourth-order valence-corrected chi connectivity index (χ4v) is 13.6. The summed E-state index contributed by atoms with van der Waals surface area (Å²) in [5.74, 6) is 2.54. The predicted octanol–water partition coefficient (Wildman–Crippen LogP) is 3.62. The van der Waals surface area contributed by atoms with Crippen LogP contribution in [-0.2, 0) is 53.0 Å². The number of aliphatic hydroxyl groups excluding tert-OH is 3. The van der Waals surface area contributed by atoms with Gasteiger partial charge in [0.05, 0.1) is 83.9 Å². The van der Waals surface area contributed by atoms with E-state index in [0.29, 0.717) is 19.8 Å². The van der Waals surface area contributed by atoms with Crippen LogP contribution in [-0.4, -0.2) is 214 Å². The van der Waals surface area contributed by atoms with Crippen molar-refractivity contribution in [2.24, 2.45) is 32.7 Å². The van der Waals surface area contributed by atoms with E-state index in [2.05, 4.69) is 13.8 Å². The second-order valence-electron chi connectivity index (χ2n) is 21.1. The minimum atomic E-state index is -0.554. The molecule has 449 valence electrons. The van der Waals surface area contributed by atoms with Crippen LogP contribution in [0.4, 0.5) is 0 Å². The number of aliphatic imine (C=N–C) groups is 3. The van der Waals surface area contributed by atoms with E-state index in [0.717, 1.165) is 56.6 Å². The molecule has 17 atom stereocenters. The van der Waals surface area contributed by atoms with Crippen molar-refractivity contribution in [3.8, 4) is 17.2 Å². The van der Waals surface area contributed by atoms with Crippen LogP contribution in [0, 0.1) is 17.8 Å². The van der Waals surface area contributed by atoms with Gasteiger partial charge < -0.3 is 74.1 Å².